The third-order valence-corrected chi connectivity index (χ3v) is 7.62. The normalized spacial score (nSPS) is 16.5. The van der Waals surface area contributed by atoms with Crippen LogP contribution in [0, 0.1) is 16.0 Å². The lowest BCUT2D eigenvalue weighted by atomic mass is 9.75. The highest BCUT2D eigenvalue weighted by molar-refractivity contribution is 8.00. The Morgan fingerprint density at radius 1 is 1.17 bits per heavy atom. The molecule has 224 valence electrons. The molecule has 1 aliphatic heterocycles. The highest BCUT2D eigenvalue weighted by Gasteiger charge is 2.44. The summed E-state index contributed by atoms with van der Waals surface area (Å²) in [6, 6.07) is 15.8. The molecule has 1 amide bonds. The minimum absolute atomic E-state index is 0.0980. The average molecular weight is 597 g/mol. The Kier molecular flexibility index (Phi) is 12.7. The Hall–Kier alpha value is -4.03. The molecular weight excluding hydrogens is 560 g/mol. The SMILES string of the molecule is CCOC(=O)C1C(CSCCNC=O)=NC(C)=C(C(=O)OCCN(C)Cc2ccccc2)C1c1cccc([N+](=O)[O-])c1. The van der Waals surface area contributed by atoms with Crippen molar-refractivity contribution in [3.63, 3.8) is 0 Å². The number of carbonyl (C=O) groups excluding carboxylic acids is 3. The maximum absolute atomic E-state index is 13.6. The second kappa shape index (κ2) is 16.4. The van der Waals surface area contributed by atoms with E-state index in [0.717, 1.165) is 5.56 Å². The summed E-state index contributed by atoms with van der Waals surface area (Å²) in [6.07, 6.45) is 0.614. The van der Waals surface area contributed by atoms with E-state index in [1.54, 1.807) is 19.9 Å². The third-order valence-electron chi connectivity index (χ3n) is 6.63. The highest BCUT2D eigenvalue weighted by Crippen LogP contribution is 2.41. The molecule has 12 heteroatoms. The molecule has 0 radical (unpaired) electrons. The van der Waals surface area contributed by atoms with Crippen LogP contribution in [0.2, 0.25) is 0 Å². The quantitative estimate of drug-likeness (QED) is 0.101. The fourth-order valence-corrected chi connectivity index (χ4v) is 5.59. The fraction of sp³-hybridized carbons (Fsp3) is 0.400. The number of hydrogen-bond acceptors (Lipinski definition) is 10. The van der Waals surface area contributed by atoms with E-state index >= 15 is 0 Å². The van der Waals surface area contributed by atoms with Crippen LogP contribution in [-0.4, -0.2) is 78.7 Å². The Labute approximate surface area is 249 Å². The van der Waals surface area contributed by atoms with Gasteiger partial charge in [0.15, 0.2) is 0 Å². The van der Waals surface area contributed by atoms with Crippen molar-refractivity contribution in [2.24, 2.45) is 10.9 Å². The molecule has 2 aromatic rings. The van der Waals surface area contributed by atoms with Gasteiger partial charge in [0.1, 0.15) is 12.5 Å². The van der Waals surface area contributed by atoms with E-state index in [1.165, 1.54) is 30.0 Å². The van der Waals surface area contributed by atoms with Gasteiger partial charge < -0.3 is 14.8 Å². The van der Waals surface area contributed by atoms with Crippen LogP contribution in [0.1, 0.15) is 30.9 Å². The molecule has 3 rings (SSSR count). The molecule has 0 spiro atoms. The third kappa shape index (κ3) is 8.98. The zero-order valence-electron chi connectivity index (χ0n) is 24.0. The maximum Gasteiger partial charge on any atom is 0.336 e. The fourth-order valence-electron chi connectivity index (χ4n) is 4.73. The largest absolute Gasteiger partial charge is 0.465 e. The van der Waals surface area contributed by atoms with Crippen molar-refractivity contribution >= 4 is 41.5 Å². The number of esters is 2. The number of amides is 1. The molecule has 0 saturated carbocycles. The van der Waals surface area contributed by atoms with Gasteiger partial charge in [0, 0.05) is 60.6 Å². The van der Waals surface area contributed by atoms with E-state index < -0.39 is 28.7 Å². The van der Waals surface area contributed by atoms with Gasteiger partial charge in [-0.1, -0.05) is 42.5 Å². The maximum atomic E-state index is 13.6. The van der Waals surface area contributed by atoms with E-state index in [-0.39, 0.29) is 24.5 Å². The minimum atomic E-state index is -0.995. The van der Waals surface area contributed by atoms with Gasteiger partial charge in [0.25, 0.3) is 5.69 Å². The molecule has 0 fully saturated rings. The van der Waals surface area contributed by atoms with Crippen LogP contribution in [0.15, 0.2) is 70.9 Å². The van der Waals surface area contributed by atoms with Crippen molar-refractivity contribution in [3.05, 3.63) is 87.1 Å². The average Bonchev–Trinajstić information content (AvgIpc) is 2.97. The molecule has 2 unspecified atom stereocenters. The first-order chi connectivity index (χ1) is 20.3. The summed E-state index contributed by atoms with van der Waals surface area (Å²) in [4.78, 5) is 55.4. The summed E-state index contributed by atoms with van der Waals surface area (Å²) >= 11 is 1.46. The number of nitrogens with zero attached hydrogens (tertiary/aromatic N) is 3. The number of benzene rings is 2. The molecule has 1 aliphatic rings. The monoisotopic (exact) mass is 596 g/mol. The van der Waals surface area contributed by atoms with Crippen molar-refractivity contribution in [1.82, 2.24) is 10.2 Å². The van der Waals surface area contributed by atoms with Crippen molar-refractivity contribution in [2.45, 2.75) is 26.3 Å². The summed E-state index contributed by atoms with van der Waals surface area (Å²) in [6.45, 7) is 5.14. The van der Waals surface area contributed by atoms with Crippen LogP contribution >= 0.6 is 11.8 Å². The Bertz CT molecular complexity index is 1320. The number of aliphatic imine (C=N–C) groups is 1. The lowest BCUT2D eigenvalue weighted by molar-refractivity contribution is -0.384. The van der Waals surface area contributed by atoms with E-state index in [9.17, 15) is 24.5 Å². The smallest absolute Gasteiger partial charge is 0.336 e. The van der Waals surface area contributed by atoms with Gasteiger partial charge in [-0.2, -0.15) is 11.8 Å². The molecule has 0 saturated heterocycles. The molecule has 0 aromatic heterocycles. The highest BCUT2D eigenvalue weighted by atomic mass is 32.2. The number of carbonyl (C=O) groups is 3. The first-order valence-corrected chi connectivity index (χ1v) is 14.8. The Morgan fingerprint density at radius 2 is 1.93 bits per heavy atom. The molecular formula is C30H36N4O7S. The van der Waals surface area contributed by atoms with Crippen molar-refractivity contribution in [2.75, 3.05) is 44.9 Å². The van der Waals surface area contributed by atoms with Crippen molar-refractivity contribution < 1.29 is 28.8 Å². The Balaban J connectivity index is 1.92. The number of likely N-dealkylation sites (N-methyl/N-ethyl adjacent to an activating group) is 1. The van der Waals surface area contributed by atoms with Gasteiger partial charge in [-0.25, -0.2) is 4.79 Å². The van der Waals surface area contributed by atoms with Gasteiger partial charge in [-0.3, -0.25) is 29.6 Å². The Morgan fingerprint density at radius 3 is 2.62 bits per heavy atom. The summed E-state index contributed by atoms with van der Waals surface area (Å²) in [5.41, 5.74) is 2.39. The predicted molar refractivity (Wildman–Crippen MR) is 161 cm³/mol. The second-order valence-corrected chi connectivity index (χ2v) is 10.8. The van der Waals surface area contributed by atoms with Crippen LogP contribution in [0.5, 0.6) is 0 Å². The van der Waals surface area contributed by atoms with Crippen LogP contribution in [-0.2, 0) is 30.4 Å². The lowest BCUT2D eigenvalue weighted by Gasteiger charge is -2.32. The molecule has 0 aliphatic carbocycles. The predicted octanol–water partition coefficient (Wildman–Crippen LogP) is 3.74. The van der Waals surface area contributed by atoms with Crippen molar-refractivity contribution in [1.29, 1.82) is 0 Å². The van der Waals surface area contributed by atoms with Gasteiger partial charge in [0.2, 0.25) is 6.41 Å². The van der Waals surface area contributed by atoms with E-state index in [1.807, 2.05) is 42.3 Å². The molecule has 11 nitrogen and oxygen atoms in total. The molecule has 1 N–H and O–H groups in total. The summed E-state index contributed by atoms with van der Waals surface area (Å²) in [7, 11) is 1.92. The number of nitro groups is 1. The number of nitrogens with one attached hydrogen (secondary N) is 1. The van der Waals surface area contributed by atoms with Crippen LogP contribution in [0.3, 0.4) is 0 Å². The van der Waals surface area contributed by atoms with E-state index in [4.69, 9.17) is 9.47 Å². The van der Waals surface area contributed by atoms with E-state index in [2.05, 4.69) is 10.3 Å². The van der Waals surface area contributed by atoms with Gasteiger partial charge in [0.05, 0.1) is 17.1 Å². The zero-order chi connectivity index (χ0) is 30.5. The van der Waals surface area contributed by atoms with Gasteiger partial charge >= 0.3 is 11.9 Å². The van der Waals surface area contributed by atoms with Gasteiger partial charge in [-0.05, 0) is 32.0 Å². The van der Waals surface area contributed by atoms with Crippen LogP contribution in [0.4, 0.5) is 5.69 Å². The number of nitro benzene ring substituents is 1. The van der Waals surface area contributed by atoms with Crippen molar-refractivity contribution in [3.8, 4) is 0 Å². The lowest BCUT2D eigenvalue weighted by Crippen LogP contribution is -2.39. The number of non-ortho nitro benzene ring substituents is 1. The number of allylic oxidation sites excluding steroid dienone is 1. The number of hydrogen-bond donors (Lipinski definition) is 1. The molecule has 2 aromatic carbocycles. The first kappa shape index (κ1) is 32.5. The van der Waals surface area contributed by atoms with Crippen LogP contribution < -0.4 is 5.32 Å². The first-order valence-electron chi connectivity index (χ1n) is 13.6. The van der Waals surface area contributed by atoms with E-state index in [0.29, 0.717) is 54.5 Å². The molecule has 2 atom stereocenters. The standard InChI is InChI=1S/C30H36N4O7S/c1-4-40-30(37)28-25(19-42-16-13-31-20-35)32-21(2)26(27(28)23-11-8-12-24(17-23)34(38)39)29(36)41-15-14-33(3)18-22-9-6-5-7-10-22/h5-12,17,20,27-28H,4,13-16,18-19H2,1-3H3,(H,31,35). The molecule has 42 heavy (non-hydrogen) atoms. The minimum Gasteiger partial charge on any atom is -0.465 e. The second-order valence-electron chi connectivity index (χ2n) is 9.65. The number of rotatable bonds is 16. The van der Waals surface area contributed by atoms with Gasteiger partial charge in [-0.15, -0.1) is 0 Å². The zero-order valence-corrected chi connectivity index (χ0v) is 24.8. The summed E-state index contributed by atoms with van der Waals surface area (Å²) < 4.78 is 11.1. The summed E-state index contributed by atoms with van der Waals surface area (Å²) in [5.74, 6) is -2.22. The summed E-state index contributed by atoms with van der Waals surface area (Å²) in [5, 5.41) is 14.2. The topological polar surface area (TPSA) is 140 Å². The number of thioether (sulfide) groups is 1. The molecule has 0 bridgehead atoms. The number of ether oxygens (including phenoxy) is 2. The molecule has 1 heterocycles. The van der Waals surface area contributed by atoms with Crippen LogP contribution in [0.25, 0.3) is 0 Å².